The van der Waals surface area contributed by atoms with Gasteiger partial charge in [-0.3, -0.25) is 4.79 Å². The van der Waals surface area contributed by atoms with E-state index in [0.29, 0.717) is 10.1 Å². The van der Waals surface area contributed by atoms with Crippen molar-refractivity contribution in [2.75, 3.05) is 0 Å². The molecule has 1 amide bonds. The predicted molar refractivity (Wildman–Crippen MR) is 92.1 cm³/mol. The molecule has 1 aliphatic heterocycles. The molecule has 0 atom stereocenters. The molecule has 0 bridgehead atoms. The second-order valence-corrected chi connectivity index (χ2v) is 6.26. The monoisotopic (exact) mass is 311 g/mol. The van der Waals surface area contributed by atoms with Crippen molar-refractivity contribution < 1.29 is 4.79 Å². The molecule has 22 heavy (non-hydrogen) atoms. The van der Waals surface area contributed by atoms with Crippen LogP contribution in [0.3, 0.4) is 0 Å². The molecule has 5 heteroatoms. The zero-order chi connectivity index (χ0) is 15.7. The van der Waals surface area contributed by atoms with E-state index in [1.165, 1.54) is 11.8 Å². The predicted octanol–water partition coefficient (Wildman–Crippen LogP) is 3.53. The number of nitrogens with one attached hydrogen (secondary N) is 1. The minimum absolute atomic E-state index is 0.101. The van der Waals surface area contributed by atoms with Crippen molar-refractivity contribution in [3.05, 3.63) is 58.3 Å². The number of amidine groups is 1. The lowest BCUT2D eigenvalue weighted by atomic mass is 10.2. The molecule has 0 saturated carbocycles. The van der Waals surface area contributed by atoms with Gasteiger partial charge in [0.25, 0.3) is 5.91 Å². The summed E-state index contributed by atoms with van der Waals surface area (Å²) < 4.78 is 2.05. The van der Waals surface area contributed by atoms with Gasteiger partial charge in [0, 0.05) is 18.4 Å². The first-order valence-electron chi connectivity index (χ1n) is 7.02. The number of carbonyl (C=O) groups excluding carboxylic acids is 1. The van der Waals surface area contributed by atoms with Gasteiger partial charge in [0.15, 0.2) is 5.17 Å². The molecule has 0 aliphatic carbocycles. The SMILES string of the molecule is Cc1ccccc1N=C1NC(=O)/C(=C/c2ccc(C)n2C)S1. The van der Waals surface area contributed by atoms with E-state index in [0.717, 1.165) is 22.6 Å². The molecule has 1 aliphatic rings. The number of benzene rings is 1. The highest BCUT2D eigenvalue weighted by Crippen LogP contribution is 2.29. The summed E-state index contributed by atoms with van der Waals surface area (Å²) in [6, 6.07) is 11.9. The van der Waals surface area contributed by atoms with Gasteiger partial charge in [-0.15, -0.1) is 0 Å². The van der Waals surface area contributed by atoms with Gasteiger partial charge in [-0.2, -0.15) is 0 Å². The Labute approximate surface area is 133 Å². The third-order valence-corrected chi connectivity index (χ3v) is 4.59. The van der Waals surface area contributed by atoms with Crippen molar-refractivity contribution in [1.29, 1.82) is 0 Å². The lowest BCUT2D eigenvalue weighted by molar-refractivity contribution is -0.115. The minimum atomic E-state index is -0.101. The van der Waals surface area contributed by atoms with Crippen molar-refractivity contribution >= 4 is 34.6 Å². The van der Waals surface area contributed by atoms with Crippen molar-refractivity contribution in [2.45, 2.75) is 13.8 Å². The van der Waals surface area contributed by atoms with Crippen molar-refractivity contribution in [3.8, 4) is 0 Å². The summed E-state index contributed by atoms with van der Waals surface area (Å²) in [4.78, 5) is 17.3. The number of aryl methyl sites for hydroxylation is 2. The number of hydrogen-bond acceptors (Lipinski definition) is 3. The number of carbonyl (C=O) groups is 1. The van der Waals surface area contributed by atoms with Crippen LogP contribution in [0.25, 0.3) is 6.08 Å². The summed E-state index contributed by atoms with van der Waals surface area (Å²) >= 11 is 1.37. The lowest BCUT2D eigenvalue weighted by Crippen LogP contribution is -2.19. The third-order valence-electron chi connectivity index (χ3n) is 3.68. The van der Waals surface area contributed by atoms with E-state index in [-0.39, 0.29) is 5.91 Å². The first-order chi connectivity index (χ1) is 10.5. The molecule has 112 valence electrons. The van der Waals surface area contributed by atoms with Crippen LogP contribution in [0.4, 0.5) is 5.69 Å². The number of thioether (sulfide) groups is 1. The molecular formula is C17H17N3OS. The Kier molecular flexibility index (Phi) is 3.90. The molecule has 1 aromatic carbocycles. The second kappa shape index (κ2) is 5.85. The molecule has 3 rings (SSSR count). The van der Waals surface area contributed by atoms with Gasteiger partial charge in [0.2, 0.25) is 0 Å². The highest BCUT2D eigenvalue weighted by atomic mass is 32.2. The lowest BCUT2D eigenvalue weighted by Gasteiger charge is -2.00. The molecular weight excluding hydrogens is 294 g/mol. The maximum Gasteiger partial charge on any atom is 0.264 e. The van der Waals surface area contributed by atoms with Crippen LogP contribution in [0.2, 0.25) is 0 Å². The zero-order valence-electron chi connectivity index (χ0n) is 12.8. The Bertz CT molecular complexity index is 802. The second-order valence-electron chi connectivity index (χ2n) is 5.23. The average molecular weight is 311 g/mol. The fraction of sp³-hybridized carbons (Fsp3) is 0.176. The fourth-order valence-electron chi connectivity index (χ4n) is 2.19. The van der Waals surface area contributed by atoms with Crippen LogP contribution in [-0.4, -0.2) is 15.6 Å². The number of aromatic nitrogens is 1. The maximum atomic E-state index is 12.1. The summed E-state index contributed by atoms with van der Waals surface area (Å²) in [5.74, 6) is -0.101. The number of aliphatic imine (C=N–C) groups is 1. The van der Waals surface area contributed by atoms with E-state index in [1.807, 2.05) is 63.4 Å². The highest BCUT2D eigenvalue weighted by molar-refractivity contribution is 8.18. The maximum absolute atomic E-state index is 12.1. The van der Waals surface area contributed by atoms with E-state index in [4.69, 9.17) is 0 Å². The molecule has 0 radical (unpaired) electrons. The van der Waals surface area contributed by atoms with Crippen LogP contribution in [0.5, 0.6) is 0 Å². The Morgan fingerprint density at radius 1 is 1.18 bits per heavy atom. The molecule has 1 aromatic heterocycles. The molecule has 2 heterocycles. The number of hydrogen-bond donors (Lipinski definition) is 1. The first-order valence-corrected chi connectivity index (χ1v) is 7.84. The van der Waals surface area contributed by atoms with Gasteiger partial charge >= 0.3 is 0 Å². The highest BCUT2D eigenvalue weighted by Gasteiger charge is 2.24. The number of amides is 1. The zero-order valence-corrected chi connectivity index (χ0v) is 13.6. The Balaban J connectivity index is 1.88. The van der Waals surface area contributed by atoms with Gasteiger partial charge in [-0.1, -0.05) is 18.2 Å². The Morgan fingerprint density at radius 3 is 2.64 bits per heavy atom. The molecule has 2 aromatic rings. The van der Waals surface area contributed by atoms with Gasteiger partial charge in [0.1, 0.15) is 0 Å². The molecule has 1 saturated heterocycles. The summed E-state index contributed by atoms with van der Waals surface area (Å²) in [7, 11) is 1.99. The molecule has 1 N–H and O–H groups in total. The van der Waals surface area contributed by atoms with E-state index in [1.54, 1.807) is 0 Å². The van der Waals surface area contributed by atoms with Crippen LogP contribution in [-0.2, 0) is 11.8 Å². The molecule has 0 spiro atoms. The topological polar surface area (TPSA) is 46.4 Å². The first kappa shape index (κ1) is 14.7. The van der Waals surface area contributed by atoms with Crippen molar-refractivity contribution in [2.24, 2.45) is 12.0 Å². The summed E-state index contributed by atoms with van der Waals surface area (Å²) in [6.07, 6.45) is 1.90. The van der Waals surface area contributed by atoms with Crippen LogP contribution in [0.15, 0.2) is 46.3 Å². The summed E-state index contributed by atoms with van der Waals surface area (Å²) in [5, 5.41) is 3.44. The number of nitrogens with zero attached hydrogens (tertiary/aromatic N) is 2. The quantitative estimate of drug-likeness (QED) is 0.862. The average Bonchev–Trinajstić information content (AvgIpc) is 2.99. The van der Waals surface area contributed by atoms with Crippen LogP contribution in [0.1, 0.15) is 17.0 Å². The summed E-state index contributed by atoms with van der Waals surface area (Å²) in [5.41, 5.74) is 4.12. The third kappa shape index (κ3) is 2.85. The van der Waals surface area contributed by atoms with Crippen LogP contribution in [0, 0.1) is 13.8 Å². The molecule has 1 fully saturated rings. The van der Waals surface area contributed by atoms with Gasteiger partial charge < -0.3 is 9.88 Å². The van der Waals surface area contributed by atoms with Crippen molar-refractivity contribution in [3.63, 3.8) is 0 Å². The van der Waals surface area contributed by atoms with E-state index >= 15 is 0 Å². The van der Waals surface area contributed by atoms with Crippen LogP contribution >= 0.6 is 11.8 Å². The number of para-hydroxylation sites is 1. The molecule has 4 nitrogen and oxygen atoms in total. The Hall–Kier alpha value is -2.27. The smallest absolute Gasteiger partial charge is 0.264 e. The van der Waals surface area contributed by atoms with Gasteiger partial charge in [-0.05, 0) is 55.4 Å². The summed E-state index contributed by atoms with van der Waals surface area (Å²) in [6.45, 7) is 4.04. The Morgan fingerprint density at radius 2 is 1.95 bits per heavy atom. The normalized spacial score (nSPS) is 18.2. The van der Waals surface area contributed by atoms with Gasteiger partial charge in [-0.25, -0.2) is 4.99 Å². The number of rotatable bonds is 2. The van der Waals surface area contributed by atoms with Crippen LogP contribution < -0.4 is 5.32 Å². The molecule has 0 unspecified atom stereocenters. The fourth-order valence-corrected chi connectivity index (χ4v) is 3.01. The largest absolute Gasteiger partial charge is 0.348 e. The van der Waals surface area contributed by atoms with Crippen molar-refractivity contribution in [1.82, 2.24) is 9.88 Å². The minimum Gasteiger partial charge on any atom is -0.348 e. The van der Waals surface area contributed by atoms with Gasteiger partial charge in [0.05, 0.1) is 10.6 Å². The van der Waals surface area contributed by atoms with E-state index in [9.17, 15) is 4.79 Å². The standard InChI is InChI=1S/C17H17N3OS/c1-11-6-4-5-7-14(11)18-17-19-16(21)15(22-17)10-13-9-8-12(2)20(13)3/h4-10H,1-3H3,(H,18,19,21)/b15-10-. The van der Waals surface area contributed by atoms with E-state index in [2.05, 4.69) is 14.9 Å². The van der Waals surface area contributed by atoms with E-state index < -0.39 is 0 Å².